The van der Waals surface area contributed by atoms with Crippen LogP contribution in [0.4, 0.5) is 10.2 Å². The minimum absolute atomic E-state index is 0.213. The zero-order valence-corrected chi connectivity index (χ0v) is 15.7. The maximum absolute atomic E-state index is 13.1. The van der Waals surface area contributed by atoms with Crippen molar-refractivity contribution in [1.82, 2.24) is 19.4 Å². The van der Waals surface area contributed by atoms with E-state index in [1.165, 1.54) is 44.5 Å². The molecular weight excluding hydrogens is 341 g/mol. The van der Waals surface area contributed by atoms with Crippen molar-refractivity contribution in [1.29, 1.82) is 0 Å². The number of rotatable bonds is 6. The Balaban J connectivity index is 1.42. The molecule has 0 atom stereocenters. The van der Waals surface area contributed by atoms with E-state index < -0.39 is 0 Å². The van der Waals surface area contributed by atoms with Gasteiger partial charge in [0.05, 0.1) is 5.39 Å². The molecule has 0 amide bonds. The van der Waals surface area contributed by atoms with E-state index in [0.29, 0.717) is 6.54 Å². The first-order valence-electron chi connectivity index (χ1n) is 9.66. The predicted octanol–water partition coefficient (Wildman–Crippen LogP) is 3.76. The third-order valence-corrected chi connectivity index (χ3v) is 5.51. The number of likely N-dealkylation sites (tertiary alicyclic amines) is 1. The molecule has 3 heterocycles. The molecule has 5 nitrogen and oxygen atoms in total. The number of hydrogen-bond donors (Lipinski definition) is 1. The first-order valence-corrected chi connectivity index (χ1v) is 9.66. The van der Waals surface area contributed by atoms with Gasteiger partial charge in [0.15, 0.2) is 0 Å². The number of piperidine rings is 1. The van der Waals surface area contributed by atoms with Crippen LogP contribution in [-0.4, -0.2) is 46.1 Å². The third kappa shape index (κ3) is 4.27. The monoisotopic (exact) mass is 367 g/mol. The summed E-state index contributed by atoms with van der Waals surface area (Å²) in [5.41, 5.74) is 1.94. The lowest BCUT2D eigenvalue weighted by molar-refractivity contribution is 0.215. The molecule has 3 aromatic rings. The zero-order valence-electron chi connectivity index (χ0n) is 15.7. The molecule has 0 unspecified atom stereocenters. The van der Waals surface area contributed by atoms with Gasteiger partial charge in [0.25, 0.3) is 0 Å². The molecule has 0 aliphatic carbocycles. The van der Waals surface area contributed by atoms with Gasteiger partial charge in [-0.25, -0.2) is 14.4 Å². The number of anilines is 1. The molecule has 0 spiro atoms. The van der Waals surface area contributed by atoms with Crippen molar-refractivity contribution >= 4 is 16.9 Å². The van der Waals surface area contributed by atoms with Crippen molar-refractivity contribution in [3.8, 4) is 0 Å². The molecule has 1 saturated heterocycles. The molecule has 0 bridgehead atoms. The van der Waals surface area contributed by atoms with Gasteiger partial charge in [0.2, 0.25) is 0 Å². The summed E-state index contributed by atoms with van der Waals surface area (Å²) in [6.07, 6.45) is 7.37. The van der Waals surface area contributed by atoms with E-state index in [0.717, 1.165) is 34.9 Å². The van der Waals surface area contributed by atoms with Gasteiger partial charge < -0.3 is 14.8 Å². The highest BCUT2D eigenvalue weighted by Gasteiger charge is 2.16. The van der Waals surface area contributed by atoms with Crippen LogP contribution in [0.15, 0.2) is 42.9 Å². The fourth-order valence-corrected chi connectivity index (χ4v) is 3.80. The quantitative estimate of drug-likeness (QED) is 0.721. The average Bonchev–Trinajstić information content (AvgIpc) is 3.09. The highest BCUT2D eigenvalue weighted by atomic mass is 19.1. The fraction of sp³-hybridized carbons (Fsp3) is 0.429. The van der Waals surface area contributed by atoms with E-state index in [-0.39, 0.29) is 5.82 Å². The SMILES string of the molecule is CN1CCC(CCNc2ncnc3c2ccn3Cc2ccc(F)cc2)CC1. The second kappa shape index (κ2) is 8.05. The van der Waals surface area contributed by atoms with Crippen molar-refractivity contribution in [3.05, 3.63) is 54.2 Å². The number of halogens is 1. The molecule has 1 N–H and O–H groups in total. The van der Waals surface area contributed by atoms with Gasteiger partial charge >= 0.3 is 0 Å². The van der Waals surface area contributed by atoms with Gasteiger partial charge in [-0.3, -0.25) is 0 Å². The van der Waals surface area contributed by atoms with Crippen LogP contribution in [0.2, 0.25) is 0 Å². The van der Waals surface area contributed by atoms with Gasteiger partial charge in [-0.1, -0.05) is 12.1 Å². The van der Waals surface area contributed by atoms with Gasteiger partial charge in [-0.15, -0.1) is 0 Å². The molecular formula is C21H26FN5. The Kier molecular flexibility index (Phi) is 5.34. The zero-order chi connectivity index (χ0) is 18.6. The Bertz CT molecular complexity index is 881. The number of nitrogens with one attached hydrogen (secondary N) is 1. The van der Waals surface area contributed by atoms with Gasteiger partial charge in [-0.2, -0.15) is 0 Å². The summed E-state index contributed by atoms with van der Waals surface area (Å²) in [6, 6.07) is 8.65. The molecule has 1 aliphatic rings. The van der Waals surface area contributed by atoms with Crippen molar-refractivity contribution in [3.63, 3.8) is 0 Å². The van der Waals surface area contributed by atoms with Crippen LogP contribution in [0.25, 0.3) is 11.0 Å². The van der Waals surface area contributed by atoms with Crippen molar-refractivity contribution < 1.29 is 4.39 Å². The average molecular weight is 367 g/mol. The standard InChI is InChI=1S/C21H26FN5/c1-26-11-7-16(8-12-26)6-10-23-20-19-9-13-27(21(19)25-15-24-20)14-17-2-4-18(22)5-3-17/h2-5,9,13,15-16H,6-8,10-12,14H2,1H3,(H,23,24,25). The van der Waals surface area contributed by atoms with Gasteiger partial charge in [0, 0.05) is 19.3 Å². The number of hydrogen-bond acceptors (Lipinski definition) is 4. The molecule has 6 heteroatoms. The molecule has 27 heavy (non-hydrogen) atoms. The highest BCUT2D eigenvalue weighted by Crippen LogP contribution is 2.23. The van der Waals surface area contributed by atoms with Crippen molar-refractivity contribution in [2.24, 2.45) is 5.92 Å². The molecule has 2 aromatic heterocycles. The van der Waals surface area contributed by atoms with Crippen LogP contribution in [-0.2, 0) is 6.54 Å². The topological polar surface area (TPSA) is 46.0 Å². The smallest absolute Gasteiger partial charge is 0.145 e. The van der Waals surface area contributed by atoms with Crippen LogP contribution >= 0.6 is 0 Å². The van der Waals surface area contributed by atoms with E-state index in [9.17, 15) is 4.39 Å². The number of fused-ring (bicyclic) bond motifs is 1. The second-order valence-electron chi connectivity index (χ2n) is 7.49. The van der Waals surface area contributed by atoms with E-state index in [1.807, 2.05) is 18.3 Å². The second-order valence-corrected chi connectivity index (χ2v) is 7.49. The molecule has 1 fully saturated rings. The molecule has 1 aromatic carbocycles. The molecule has 0 saturated carbocycles. The summed E-state index contributed by atoms with van der Waals surface area (Å²) >= 11 is 0. The Morgan fingerprint density at radius 2 is 1.89 bits per heavy atom. The maximum Gasteiger partial charge on any atom is 0.145 e. The van der Waals surface area contributed by atoms with E-state index in [1.54, 1.807) is 6.33 Å². The first kappa shape index (κ1) is 17.9. The Hall–Kier alpha value is -2.47. The van der Waals surface area contributed by atoms with E-state index in [4.69, 9.17) is 0 Å². The van der Waals surface area contributed by atoms with E-state index in [2.05, 4.69) is 37.9 Å². The normalized spacial score (nSPS) is 16.1. The molecule has 142 valence electrons. The summed E-state index contributed by atoms with van der Waals surface area (Å²) in [5, 5.41) is 4.53. The number of benzene rings is 1. The summed E-state index contributed by atoms with van der Waals surface area (Å²) in [7, 11) is 2.20. The summed E-state index contributed by atoms with van der Waals surface area (Å²) < 4.78 is 15.2. The maximum atomic E-state index is 13.1. The summed E-state index contributed by atoms with van der Waals surface area (Å²) in [6.45, 7) is 4.00. The van der Waals surface area contributed by atoms with Gasteiger partial charge in [0.1, 0.15) is 23.6 Å². The predicted molar refractivity (Wildman–Crippen MR) is 106 cm³/mol. The first-order chi connectivity index (χ1) is 13.2. The minimum atomic E-state index is -0.213. The minimum Gasteiger partial charge on any atom is -0.369 e. The van der Waals surface area contributed by atoms with Crippen LogP contribution in [0.3, 0.4) is 0 Å². The van der Waals surface area contributed by atoms with Crippen molar-refractivity contribution in [2.75, 3.05) is 32.0 Å². The lowest BCUT2D eigenvalue weighted by atomic mass is 9.94. The number of aromatic nitrogens is 3. The Morgan fingerprint density at radius 3 is 2.67 bits per heavy atom. The van der Waals surface area contributed by atoms with Crippen LogP contribution in [0, 0.1) is 11.7 Å². The molecule has 1 aliphatic heterocycles. The lowest BCUT2D eigenvalue weighted by Gasteiger charge is -2.28. The fourth-order valence-electron chi connectivity index (χ4n) is 3.80. The Morgan fingerprint density at radius 1 is 1.11 bits per heavy atom. The van der Waals surface area contributed by atoms with Crippen molar-refractivity contribution in [2.45, 2.75) is 25.8 Å². The summed E-state index contributed by atoms with van der Waals surface area (Å²) in [5.74, 6) is 1.48. The summed E-state index contributed by atoms with van der Waals surface area (Å²) in [4.78, 5) is 11.3. The lowest BCUT2D eigenvalue weighted by Crippen LogP contribution is -2.30. The Labute approximate surface area is 159 Å². The van der Waals surface area contributed by atoms with Crippen LogP contribution in [0.1, 0.15) is 24.8 Å². The largest absolute Gasteiger partial charge is 0.369 e. The van der Waals surface area contributed by atoms with Crippen LogP contribution < -0.4 is 5.32 Å². The highest BCUT2D eigenvalue weighted by molar-refractivity contribution is 5.87. The third-order valence-electron chi connectivity index (χ3n) is 5.51. The molecule has 0 radical (unpaired) electrons. The van der Waals surface area contributed by atoms with Crippen LogP contribution in [0.5, 0.6) is 0 Å². The van der Waals surface area contributed by atoms with E-state index >= 15 is 0 Å². The number of nitrogens with zero attached hydrogens (tertiary/aromatic N) is 4. The van der Waals surface area contributed by atoms with Gasteiger partial charge in [-0.05, 0) is 69.1 Å². The molecule has 4 rings (SSSR count).